The number of aromatic nitrogens is 1. The first-order valence-corrected chi connectivity index (χ1v) is 12.1. The van der Waals surface area contributed by atoms with Gasteiger partial charge in [0.25, 0.3) is 0 Å². The lowest BCUT2D eigenvalue weighted by atomic mass is 9.99. The average molecular weight is 451 g/mol. The SMILES string of the molecule is CCN(Cc1ccc(Cl)cc1)c1cc(N2CCC(NC(C)(C)C)CC2)c2ccccc2n1. The Morgan fingerprint density at radius 3 is 2.41 bits per heavy atom. The molecule has 1 aromatic heterocycles. The van der Waals surface area contributed by atoms with Crippen LogP contribution in [0, 0.1) is 0 Å². The van der Waals surface area contributed by atoms with Crippen molar-refractivity contribution in [1.82, 2.24) is 10.3 Å². The third kappa shape index (κ3) is 5.54. The Balaban J connectivity index is 1.61. The number of hydrogen-bond acceptors (Lipinski definition) is 4. The highest BCUT2D eigenvalue weighted by molar-refractivity contribution is 6.30. The lowest BCUT2D eigenvalue weighted by molar-refractivity contribution is 0.317. The van der Waals surface area contributed by atoms with Crippen molar-refractivity contribution in [2.45, 2.75) is 58.7 Å². The van der Waals surface area contributed by atoms with E-state index in [2.05, 4.69) is 85.3 Å². The molecule has 5 heteroatoms. The highest BCUT2D eigenvalue weighted by Gasteiger charge is 2.24. The molecule has 2 aromatic carbocycles. The van der Waals surface area contributed by atoms with Crippen molar-refractivity contribution < 1.29 is 0 Å². The van der Waals surface area contributed by atoms with Gasteiger partial charge in [-0.25, -0.2) is 4.98 Å². The van der Waals surface area contributed by atoms with Gasteiger partial charge in [-0.15, -0.1) is 0 Å². The standard InChI is InChI=1S/C27H35ClN4/c1-5-31(19-20-10-12-21(28)13-11-20)26-18-25(23-8-6-7-9-24(23)29-26)32-16-14-22(15-17-32)30-27(2,3)4/h6-13,18,22,30H,5,14-17,19H2,1-4H3. The van der Waals surface area contributed by atoms with Crippen LogP contribution in [0.1, 0.15) is 46.1 Å². The number of hydrogen-bond donors (Lipinski definition) is 1. The molecule has 1 aliphatic rings. The van der Waals surface area contributed by atoms with Crippen LogP contribution in [0.5, 0.6) is 0 Å². The lowest BCUT2D eigenvalue weighted by Crippen LogP contribution is -2.49. The van der Waals surface area contributed by atoms with E-state index in [0.717, 1.165) is 55.4 Å². The predicted octanol–water partition coefficient (Wildman–Crippen LogP) is 6.27. The van der Waals surface area contributed by atoms with E-state index in [4.69, 9.17) is 16.6 Å². The third-order valence-electron chi connectivity index (χ3n) is 6.15. The largest absolute Gasteiger partial charge is 0.371 e. The smallest absolute Gasteiger partial charge is 0.131 e. The number of pyridine rings is 1. The Bertz CT molecular complexity index is 1030. The van der Waals surface area contributed by atoms with E-state index in [-0.39, 0.29) is 5.54 Å². The molecule has 0 amide bonds. The van der Waals surface area contributed by atoms with E-state index in [1.807, 2.05) is 12.1 Å². The van der Waals surface area contributed by atoms with E-state index in [1.54, 1.807) is 0 Å². The summed E-state index contributed by atoms with van der Waals surface area (Å²) in [6.07, 6.45) is 2.32. The van der Waals surface area contributed by atoms with Gasteiger partial charge in [-0.1, -0.05) is 41.9 Å². The first-order valence-electron chi connectivity index (χ1n) is 11.7. The number of rotatable bonds is 6. The maximum absolute atomic E-state index is 6.08. The first kappa shape index (κ1) is 22.9. The van der Waals surface area contributed by atoms with Crippen molar-refractivity contribution in [3.8, 4) is 0 Å². The van der Waals surface area contributed by atoms with Crippen molar-refractivity contribution in [3.63, 3.8) is 0 Å². The lowest BCUT2D eigenvalue weighted by Gasteiger charge is -2.38. The van der Waals surface area contributed by atoms with Crippen molar-refractivity contribution in [2.75, 3.05) is 29.4 Å². The van der Waals surface area contributed by atoms with Gasteiger partial charge in [-0.2, -0.15) is 0 Å². The summed E-state index contributed by atoms with van der Waals surface area (Å²) in [5.74, 6) is 1.03. The van der Waals surface area contributed by atoms with Crippen molar-refractivity contribution in [3.05, 3.63) is 65.2 Å². The monoisotopic (exact) mass is 450 g/mol. The number of fused-ring (bicyclic) bond motifs is 1. The van der Waals surface area contributed by atoms with Crippen LogP contribution in [0.4, 0.5) is 11.5 Å². The normalized spacial score (nSPS) is 15.3. The van der Waals surface area contributed by atoms with Gasteiger partial charge >= 0.3 is 0 Å². The molecule has 0 spiro atoms. The molecule has 1 aliphatic heterocycles. The fourth-order valence-corrected chi connectivity index (χ4v) is 4.74. The minimum Gasteiger partial charge on any atom is -0.371 e. The summed E-state index contributed by atoms with van der Waals surface area (Å²) in [7, 11) is 0. The molecule has 2 heterocycles. The molecule has 0 unspecified atom stereocenters. The molecule has 1 fully saturated rings. The molecule has 32 heavy (non-hydrogen) atoms. The minimum atomic E-state index is 0.159. The highest BCUT2D eigenvalue weighted by Crippen LogP contribution is 2.32. The van der Waals surface area contributed by atoms with Crippen LogP contribution in [0.25, 0.3) is 10.9 Å². The maximum atomic E-state index is 6.08. The van der Waals surface area contributed by atoms with E-state index >= 15 is 0 Å². The van der Waals surface area contributed by atoms with Crippen LogP contribution < -0.4 is 15.1 Å². The predicted molar refractivity (Wildman–Crippen MR) is 138 cm³/mol. The van der Waals surface area contributed by atoms with Crippen molar-refractivity contribution in [2.24, 2.45) is 0 Å². The molecule has 0 bridgehead atoms. The molecule has 1 N–H and O–H groups in total. The van der Waals surface area contributed by atoms with Crippen LogP contribution in [-0.2, 0) is 6.54 Å². The molecule has 3 aromatic rings. The topological polar surface area (TPSA) is 31.4 Å². The van der Waals surface area contributed by atoms with E-state index in [0.29, 0.717) is 6.04 Å². The van der Waals surface area contributed by atoms with Crippen LogP contribution in [-0.4, -0.2) is 36.2 Å². The number of anilines is 2. The van der Waals surface area contributed by atoms with Crippen molar-refractivity contribution >= 4 is 34.0 Å². The Hall–Kier alpha value is -2.30. The van der Waals surface area contributed by atoms with Gasteiger partial charge in [0.1, 0.15) is 5.82 Å². The first-order chi connectivity index (χ1) is 15.3. The Morgan fingerprint density at radius 1 is 1.06 bits per heavy atom. The maximum Gasteiger partial charge on any atom is 0.131 e. The number of para-hydroxylation sites is 1. The molecule has 4 nitrogen and oxygen atoms in total. The molecule has 0 radical (unpaired) electrons. The molecule has 0 saturated carbocycles. The second kappa shape index (κ2) is 9.68. The summed E-state index contributed by atoms with van der Waals surface area (Å²) in [4.78, 5) is 9.93. The van der Waals surface area contributed by atoms with E-state index in [9.17, 15) is 0 Å². The Kier molecular flexibility index (Phi) is 6.92. The van der Waals surface area contributed by atoms with Gasteiger partial charge in [0.15, 0.2) is 0 Å². The molecular formula is C27H35ClN4. The zero-order valence-electron chi connectivity index (χ0n) is 19.7. The molecule has 4 rings (SSSR count). The minimum absolute atomic E-state index is 0.159. The molecular weight excluding hydrogens is 416 g/mol. The Morgan fingerprint density at radius 2 is 1.75 bits per heavy atom. The zero-order chi connectivity index (χ0) is 22.7. The number of benzene rings is 2. The fraction of sp³-hybridized carbons (Fsp3) is 0.444. The summed E-state index contributed by atoms with van der Waals surface area (Å²) in [5, 5.41) is 5.79. The summed E-state index contributed by atoms with van der Waals surface area (Å²) in [5.41, 5.74) is 3.76. The van der Waals surface area contributed by atoms with Crippen LogP contribution in [0.3, 0.4) is 0 Å². The number of halogens is 1. The summed E-state index contributed by atoms with van der Waals surface area (Å²) in [6, 6.07) is 19.5. The highest BCUT2D eigenvalue weighted by atomic mass is 35.5. The Labute approximate surface area is 197 Å². The van der Waals surface area contributed by atoms with E-state index in [1.165, 1.54) is 16.6 Å². The zero-order valence-corrected chi connectivity index (χ0v) is 20.5. The van der Waals surface area contributed by atoms with Gasteiger partial charge in [0, 0.05) is 59.9 Å². The van der Waals surface area contributed by atoms with Gasteiger partial charge in [0.2, 0.25) is 0 Å². The number of piperidine rings is 1. The van der Waals surface area contributed by atoms with Gasteiger partial charge in [-0.05, 0) is 64.3 Å². The van der Waals surface area contributed by atoms with Crippen molar-refractivity contribution in [1.29, 1.82) is 0 Å². The third-order valence-corrected chi connectivity index (χ3v) is 6.40. The quantitative estimate of drug-likeness (QED) is 0.479. The molecule has 1 saturated heterocycles. The number of nitrogens with one attached hydrogen (secondary N) is 1. The van der Waals surface area contributed by atoms with Gasteiger partial charge < -0.3 is 15.1 Å². The summed E-state index contributed by atoms with van der Waals surface area (Å²) in [6.45, 7) is 12.8. The molecule has 0 atom stereocenters. The second-order valence-electron chi connectivity index (χ2n) is 9.81. The van der Waals surface area contributed by atoms with Gasteiger partial charge in [-0.3, -0.25) is 0 Å². The average Bonchev–Trinajstić information content (AvgIpc) is 2.77. The van der Waals surface area contributed by atoms with Crippen LogP contribution in [0.2, 0.25) is 5.02 Å². The van der Waals surface area contributed by atoms with Crippen LogP contribution >= 0.6 is 11.6 Å². The summed E-state index contributed by atoms with van der Waals surface area (Å²) < 4.78 is 0. The molecule has 170 valence electrons. The number of nitrogens with zero attached hydrogens (tertiary/aromatic N) is 3. The molecule has 0 aliphatic carbocycles. The van der Waals surface area contributed by atoms with Crippen LogP contribution in [0.15, 0.2) is 54.6 Å². The summed E-state index contributed by atoms with van der Waals surface area (Å²) >= 11 is 6.08. The van der Waals surface area contributed by atoms with E-state index < -0.39 is 0 Å². The fourth-order valence-electron chi connectivity index (χ4n) is 4.61. The van der Waals surface area contributed by atoms with Gasteiger partial charge in [0.05, 0.1) is 5.52 Å². The second-order valence-corrected chi connectivity index (χ2v) is 10.2.